The molecular weight excluding hydrogens is 436 g/mol. The maximum atomic E-state index is 12.5. The minimum atomic E-state index is -0.0312. The van der Waals surface area contributed by atoms with Gasteiger partial charge in [-0.3, -0.25) is 9.69 Å². The standard InChI is InChI=1S/C26H27ClN4O2/c1-19-28-23-10-9-21(27)18-22(23)25(20-6-3-2-4-7-20)31(19)16-13-29-11-14-30(15-12-29)26(32)24-8-5-17-33-24/h2-10,17-18,25H,11-16H2,1H3/t25-/m0/s1. The Labute approximate surface area is 199 Å². The van der Waals surface area contributed by atoms with Crippen molar-refractivity contribution in [2.24, 2.45) is 4.99 Å². The third kappa shape index (κ3) is 4.54. The SMILES string of the molecule is CC1=Nc2ccc(Cl)cc2[C@H](c2ccccc2)N1CCN1CCN(C(=O)c2ccco2)CC1. The van der Waals surface area contributed by atoms with Gasteiger partial charge in [-0.25, -0.2) is 4.99 Å². The van der Waals surface area contributed by atoms with E-state index >= 15 is 0 Å². The molecule has 0 unspecified atom stereocenters. The van der Waals surface area contributed by atoms with Crippen LogP contribution in [0.5, 0.6) is 0 Å². The molecule has 7 heteroatoms. The summed E-state index contributed by atoms with van der Waals surface area (Å²) in [6, 6.07) is 20.0. The molecule has 33 heavy (non-hydrogen) atoms. The number of furan rings is 1. The highest BCUT2D eigenvalue weighted by Crippen LogP contribution is 2.40. The van der Waals surface area contributed by atoms with Crippen LogP contribution in [0.15, 0.2) is 76.3 Å². The number of aliphatic imine (C=N–C) groups is 1. The number of hydrogen-bond acceptors (Lipinski definition) is 5. The van der Waals surface area contributed by atoms with Gasteiger partial charge in [-0.1, -0.05) is 41.9 Å². The van der Waals surface area contributed by atoms with Gasteiger partial charge in [0, 0.05) is 49.9 Å². The molecule has 1 aromatic heterocycles. The fourth-order valence-electron chi connectivity index (χ4n) is 4.71. The normalized spacial score (nSPS) is 18.7. The predicted molar refractivity (Wildman–Crippen MR) is 130 cm³/mol. The summed E-state index contributed by atoms with van der Waals surface area (Å²) in [5, 5.41) is 0.724. The Morgan fingerprint density at radius 3 is 2.55 bits per heavy atom. The van der Waals surface area contributed by atoms with E-state index in [0.717, 1.165) is 48.3 Å². The van der Waals surface area contributed by atoms with Crippen LogP contribution >= 0.6 is 11.6 Å². The van der Waals surface area contributed by atoms with Crippen molar-refractivity contribution < 1.29 is 9.21 Å². The third-order valence-electron chi connectivity index (χ3n) is 6.46. The highest BCUT2D eigenvalue weighted by atomic mass is 35.5. The second-order valence-electron chi connectivity index (χ2n) is 8.48. The van der Waals surface area contributed by atoms with Crippen molar-refractivity contribution in [1.82, 2.24) is 14.7 Å². The van der Waals surface area contributed by atoms with Crippen LogP contribution in [0.3, 0.4) is 0 Å². The number of benzene rings is 2. The molecule has 0 aliphatic carbocycles. The second kappa shape index (κ2) is 9.41. The minimum absolute atomic E-state index is 0.0312. The first-order valence-electron chi connectivity index (χ1n) is 11.3. The highest BCUT2D eigenvalue weighted by Gasteiger charge is 2.30. The van der Waals surface area contributed by atoms with Gasteiger partial charge in [0.25, 0.3) is 5.91 Å². The number of rotatable bonds is 5. The number of piperazine rings is 1. The maximum Gasteiger partial charge on any atom is 0.289 e. The summed E-state index contributed by atoms with van der Waals surface area (Å²) >= 11 is 6.37. The molecule has 3 aromatic rings. The van der Waals surface area contributed by atoms with Gasteiger partial charge in [0.15, 0.2) is 5.76 Å². The minimum Gasteiger partial charge on any atom is -0.459 e. The van der Waals surface area contributed by atoms with E-state index in [1.54, 1.807) is 18.4 Å². The summed E-state index contributed by atoms with van der Waals surface area (Å²) in [6.45, 7) is 6.90. The molecule has 0 bridgehead atoms. The van der Waals surface area contributed by atoms with Crippen molar-refractivity contribution in [2.45, 2.75) is 13.0 Å². The van der Waals surface area contributed by atoms with E-state index in [-0.39, 0.29) is 11.9 Å². The summed E-state index contributed by atoms with van der Waals surface area (Å²) in [7, 11) is 0. The van der Waals surface area contributed by atoms with Crippen molar-refractivity contribution in [2.75, 3.05) is 39.3 Å². The fraction of sp³-hybridized carbons (Fsp3) is 0.308. The van der Waals surface area contributed by atoms with Crippen molar-refractivity contribution in [3.05, 3.63) is 88.8 Å². The molecular formula is C26H27ClN4O2. The summed E-state index contributed by atoms with van der Waals surface area (Å²) in [6.07, 6.45) is 1.54. The van der Waals surface area contributed by atoms with Crippen molar-refractivity contribution in [3.8, 4) is 0 Å². The Morgan fingerprint density at radius 1 is 1.03 bits per heavy atom. The van der Waals surface area contributed by atoms with E-state index in [1.807, 2.05) is 29.2 Å². The largest absolute Gasteiger partial charge is 0.459 e. The molecule has 3 heterocycles. The summed E-state index contributed by atoms with van der Waals surface area (Å²) in [4.78, 5) is 24.1. The third-order valence-corrected chi connectivity index (χ3v) is 6.69. The van der Waals surface area contributed by atoms with Gasteiger partial charge in [0.1, 0.15) is 5.84 Å². The van der Waals surface area contributed by atoms with Gasteiger partial charge in [-0.05, 0) is 42.8 Å². The predicted octanol–water partition coefficient (Wildman–Crippen LogP) is 4.85. The summed E-state index contributed by atoms with van der Waals surface area (Å²) in [5.41, 5.74) is 3.34. The van der Waals surface area contributed by atoms with Crippen LogP contribution in [0, 0.1) is 0 Å². The zero-order valence-electron chi connectivity index (χ0n) is 18.7. The number of amidine groups is 1. The van der Waals surface area contributed by atoms with Crippen LogP contribution in [0.1, 0.15) is 34.6 Å². The van der Waals surface area contributed by atoms with Gasteiger partial charge in [-0.2, -0.15) is 0 Å². The summed E-state index contributed by atoms with van der Waals surface area (Å²) in [5.74, 6) is 1.38. The molecule has 170 valence electrons. The summed E-state index contributed by atoms with van der Waals surface area (Å²) < 4.78 is 5.27. The molecule has 1 amide bonds. The molecule has 0 saturated carbocycles. The first-order valence-corrected chi connectivity index (χ1v) is 11.7. The van der Waals surface area contributed by atoms with Crippen LogP contribution < -0.4 is 0 Å². The van der Waals surface area contributed by atoms with Crippen LogP contribution in [-0.2, 0) is 0 Å². The Bertz CT molecular complexity index is 1140. The van der Waals surface area contributed by atoms with E-state index in [4.69, 9.17) is 21.0 Å². The zero-order chi connectivity index (χ0) is 22.8. The second-order valence-corrected chi connectivity index (χ2v) is 8.92. The van der Waals surface area contributed by atoms with Gasteiger partial charge in [-0.15, -0.1) is 0 Å². The van der Waals surface area contributed by atoms with E-state index in [0.29, 0.717) is 18.8 Å². The molecule has 5 rings (SSSR count). The van der Waals surface area contributed by atoms with E-state index < -0.39 is 0 Å². The lowest BCUT2D eigenvalue weighted by Gasteiger charge is -2.40. The van der Waals surface area contributed by atoms with E-state index in [2.05, 4.69) is 41.0 Å². The van der Waals surface area contributed by atoms with Crippen LogP contribution in [0.25, 0.3) is 0 Å². The lowest BCUT2D eigenvalue weighted by atomic mass is 9.94. The van der Waals surface area contributed by atoms with Crippen LogP contribution in [-0.4, -0.2) is 65.7 Å². The molecule has 0 spiro atoms. The Hall–Kier alpha value is -3.09. The maximum absolute atomic E-state index is 12.5. The average Bonchev–Trinajstić information content (AvgIpc) is 3.38. The number of carbonyl (C=O) groups excluding carboxylic acids is 1. The quantitative estimate of drug-likeness (QED) is 0.544. The van der Waals surface area contributed by atoms with Crippen molar-refractivity contribution >= 4 is 29.0 Å². The molecule has 0 N–H and O–H groups in total. The number of halogens is 1. The molecule has 1 fully saturated rings. The number of amides is 1. The molecule has 1 saturated heterocycles. The molecule has 2 aliphatic rings. The Morgan fingerprint density at radius 2 is 1.82 bits per heavy atom. The Kier molecular flexibility index (Phi) is 6.20. The van der Waals surface area contributed by atoms with Gasteiger partial charge in [0.2, 0.25) is 0 Å². The highest BCUT2D eigenvalue weighted by molar-refractivity contribution is 6.30. The smallest absolute Gasteiger partial charge is 0.289 e. The monoisotopic (exact) mass is 462 g/mol. The molecule has 0 radical (unpaired) electrons. The average molecular weight is 463 g/mol. The van der Waals surface area contributed by atoms with Crippen LogP contribution in [0.2, 0.25) is 5.02 Å². The van der Waals surface area contributed by atoms with Crippen LogP contribution in [0.4, 0.5) is 5.69 Å². The van der Waals surface area contributed by atoms with Gasteiger partial charge >= 0.3 is 0 Å². The van der Waals surface area contributed by atoms with Gasteiger partial charge < -0.3 is 14.2 Å². The number of nitrogens with zero attached hydrogens (tertiary/aromatic N) is 4. The number of carbonyl (C=O) groups is 1. The molecule has 6 nitrogen and oxygen atoms in total. The molecule has 1 atom stereocenters. The number of hydrogen-bond donors (Lipinski definition) is 0. The lowest BCUT2D eigenvalue weighted by Crippen LogP contribution is -2.51. The van der Waals surface area contributed by atoms with E-state index in [1.165, 1.54) is 5.56 Å². The topological polar surface area (TPSA) is 52.3 Å². The zero-order valence-corrected chi connectivity index (χ0v) is 19.4. The van der Waals surface area contributed by atoms with Crippen molar-refractivity contribution in [1.29, 1.82) is 0 Å². The fourth-order valence-corrected chi connectivity index (χ4v) is 4.89. The first-order chi connectivity index (χ1) is 16.1. The Balaban J connectivity index is 1.29. The molecule has 2 aromatic carbocycles. The first kappa shape index (κ1) is 21.7. The lowest BCUT2D eigenvalue weighted by molar-refractivity contribution is 0.0598. The molecule has 2 aliphatic heterocycles. The number of fused-ring (bicyclic) bond motifs is 1. The van der Waals surface area contributed by atoms with Crippen molar-refractivity contribution in [3.63, 3.8) is 0 Å². The van der Waals surface area contributed by atoms with E-state index in [9.17, 15) is 4.79 Å². The van der Waals surface area contributed by atoms with Gasteiger partial charge in [0.05, 0.1) is 18.0 Å².